The lowest BCUT2D eigenvalue weighted by Crippen LogP contribution is -2.06. The number of benzene rings is 2. The highest BCUT2D eigenvalue weighted by molar-refractivity contribution is 6.12. The Labute approximate surface area is 151 Å². The van der Waals surface area contributed by atoms with E-state index in [0.29, 0.717) is 5.56 Å². The molecular formula is C19H20O7. The minimum Gasteiger partial charge on any atom is -0.508 e. The highest BCUT2D eigenvalue weighted by Gasteiger charge is 2.30. The lowest BCUT2D eigenvalue weighted by molar-refractivity contribution is 0.104. The summed E-state index contributed by atoms with van der Waals surface area (Å²) in [5.74, 6) is -0.632. The highest BCUT2D eigenvalue weighted by Crippen LogP contribution is 2.52. The number of rotatable bonds is 7. The third-order valence-electron chi connectivity index (χ3n) is 3.68. The smallest absolute Gasteiger partial charge is 0.211 e. The van der Waals surface area contributed by atoms with E-state index in [0.717, 1.165) is 0 Å². The first-order valence-electron chi connectivity index (χ1n) is 7.58. The minimum absolute atomic E-state index is 0.000165. The fourth-order valence-electron chi connectivity index (χ4n) is 2.48. The van der Waals surface area contributed by atoms with Gasteiger partial charge < -0.3 is 29.2 Å². The van der Waals surface area contributed by atoms with E-state index in [-0.39, 0.29) is 40.1 Å². The first kappa shape index (κ1) is 19.0. The molecule has 2 aromatic carbocycles. The zero-order valence-electron chi connectivity index (χ0n) is 14.9. The van der Waals surface area contributed by atoms with Crippen LogP contribution in [0, 0.1) is 0 Å². The minimum atomic E-state index is -0.469. The Hall–Kier alpha value is -3.35. The van der Waals surface area contributed by atoms with Crippen LogP contribution in [0.5, 0.6) is 34.5 Å². The van der Waals surface area contributed by atoms with Crippen LogP contribution in [-0.4, -0.2) is 44.4 Å². The summed E-state index contributed by atoms with van der Waals surface area (Å²) in [6.07, 6.45) is 2.87. The molecule has 0 unspecified atom stereocenters. The highest BCUT2D eigenvalue weighted by atomic mass is 16.5. The van der Waals surface area contributed by atoms with Crippen LogP contribution in [0.25, 0.3) is 6.08 Å². The van der Waals surface area contributed by atoms with Gasteiger partial charge in [0.25, 0.3) is 0 Å². The van der Waals surface area contributed by atoms with Crippen molar-refractivity contribution in [3.05, 3.63) is 41.5 Å². The Balaban J connectivity index is 2.57. The number of phenolic OH excluding ortho intramolecular Hbond substituents is 2. The number of ketones is 1. The van der Waals surface area contributed by atoms with Gasteiger partial charge in [0.15, 0.2) is 17.3 Å². The summed E-state index contributed by atoms with van der Waals surface area (Å²) in [5.41, 5.74) is 0.707. The van der Waals surface area contributed by atoms with Crippen molar-refractivity contribution in [1.29, 1.82) is 0 Å². The summed E-state index contributed by atoms with van der Waals surface area (Å²) in [6.45, 7) is 0. The monoisotopic (exact) mass is 360 g/mol. The van der Waals surface area contributed by atoms with Crippen molar-refractivity contribution in [3.8, 4) is 34.5 Å². The first-order valence-corrected chi connectivity index (χ1v) is 7.58. The molecule has 0 fully saturated rings. The number of hydrogen-bond donors (Lipinski definition) is 2. The summed E-state index contributed by atoms with van der Waals surface area (Å²) in [4.78, 5) is 12.8. The van der Waals surface area contributed by atoms with E-state index in [1.165, 1.54) is 46.6 Å². The van der Waals surface area contributed by atoms with E-state index in [9.17, 15) is 15.0 Å². The summed E-state index contributed by atoms with van der Waals surface area (Å²) in [6, 6.07) is 6.32. The largest absolute Gasteiger partial charge is 0.508 e. The maximum Gasteiger partial charge on any atom is 0.211 e. The summed E-state index contributed by atoms with van der Waals surface area (Å²) >= 11 is 0. The standard InChI is InChI=1S/C19H20O7/c1-23-16-14(13(21)10-7-11-5-8-12(20)9-6-11)17(24-2)19(26-4)18(25-3)15(16)22/h5-10,20,22H,1-4H3/b10-7+. The van der Waals surface area contributed by atoms with E-state index in [1.54, 1.807) is 18.2 Å². The number of methoxy groups -OCH3 is 4. The van der Waals surface area contributed by atoms with Crippen molar-refractivity contribution in [2.75, 3.05) is 28.4 Å². The number of phenols is 2. The Morgan fingerprint density at radius 2 is 1.35 bits per heavy atom. The molecule has 0 amide bonds. The third kappa shape index (κ3) is 3.51. The zero-order valence-corrected chi connectivity index (χ0v) is 14.9. The van der Waals surface area contributed by atoms with Gasteiger partial charge in [-0.2, -0.15) is 0 Å². The molecule has 0 saturated heterocycles. The topological polar surface area (TPSA) is 94.5 Å². The molecule has 0 bridgehead atoms. The van der Waals surface area contributed by atoms with E-state index >= 15 is 0 Å². The number of carbonyl (C=O) groups excluding carboxylic acids is 1. The van der Waals surface area contributed by atoms with Gasteiger partial charge in [-0.1, -0.05) is 18.2 Å². The average Bonchev–Trinajstić information content (AvgIpc) is 2.65. The molecule has 2 N–H and O–H groups in total. The lowest BCUT2D eigenvalue weighted by Gasteiger charge is -2.19. The normalized spacial score (nSPS) is 10.6. The van der Waals surface area contributed by atoms with Crippen LogP contribution in [0.15, 0.2) is 30.3 Å². The van der Waals surface area contributed by atoms with Crippen molar-refractivity contribution >= 4 is 11.9 Å². The molecule has 7 heteroatoms. The van der Waals surface area contributed by atoms with E-state index in [1.807, 2.05) is 0 Å². The van der Waals surface area contributed by atoms with Gasteiger partial charge in [0.05, 0.1) is 28.4 Å². The first-order chi connectivity index (χ1) is 12.5. The molecule has 0 aliphatic carbocycles. The van der Waals surface area contributed by atoms with Gasteiger partial charge in [0, 0.05) is 0 Å². The van der Waals surface area contributed by atoms with E-state index in [2.05, 4.69) is 0 Å². The molecule has 138 valence electrons. The fourth-order valence-corrected chi connectivity index (χ4v) is 2.48. The molecule has 26 heavy (non-hydrogen) atoms. The van der Waals surface area contributed by atoms with Crippen LogP contribution >= 0.6 is 0 Å². The predicted octanol–water partition coefficient (Wildman–Crippen LogP) is 3.03. The maximum absolute atomic E-state index is 12.8. The average molecular weight is 360 g/mol. The van der Waals surface area contributed by atoms with Crippen LogP contribution in [0.4, 0.5) is 0 Å². The van der Waals surface area contributed by atoms with E-state index < -0.39 is 5.78 Å². The molecule has 2 aromatic rings. The van der Waals surface area contributed by atoms with Crippen molar-refractivity contribution in [2.24, 2.45) is 0 Å². The number of hydrogen-bond acceptors (Lipinski definition) is 7. The molecule has 0 heterocycles. The van der Waals surface area contributed by atoms with Crippen LogP contribution in [-0.2, 0) is 0 Å². The van der Waals surface area contributed by atoms with Crippen LogP contribution in [0.2, 0.25) is 0 Å². The van der Waals surface area contributed by atoms with Crippen molar-refractivity contribution in [1.82, 2.24) is 0 Å². The Morgan fingerprint density at radius 1 is 0.808 bits per heavy atom. The molecule has 2 rings (SSSR count). The summed E-state index contributed by atoms with van der Waals surface area (Å²) in [5, 5.41) is 19.7. The molecule has 0 aliphatic rings. The second kappa shape index (κ2) is 8.15. The molecular weight excluding hydrogens is 340 g/mol. The second-order valence-electron chi connectivity index (χ2n) is 5.15. The molecule has 0 aromatic heterocycles. The third-order valence-corrected chi connectivity index (χ3v) is 3.68. The maximum atomic E-state index is 12.8. The van der Waals surface area contributed by atoms with Crippen LogP contribution < -0.4 is 18.9 Å². The number of aromatic hydroxyl groups is 2. The number of allylic oxidation sites excluding steroid dienone is 1. The van der Waals surface area contributed by atoms with Gasteiger partial charge >= 0.3 is 0 Å². The predicted molar refractivity (Wildman–Crippen MR) is 95.8 cm³/mol. The van der Waals surface area contributed by atoms with Gasteiger partial charge in [-0.05, 0) is 23.8 Å². The second-order valence-corrected chi connectivity index (χ2v) is 5.15. The molecule has 7 nitrogen and oxygen atoms in total. The van der Waals surface area contributed by atoms with Gasteiger partial charge in [-0.3, -0.25) is 4.79 Å². The molecule has 0 spiro atoms. The molecule has 0 saturated carbocycles. The van der Waals surface area contributed by atoms with E-state index in [4.69, 9.17) is 18.9 Å². The lowest BCUT2D eigenvalue weighted by atomic mass is 10.0. The molecule has 0 radical (unpaired) electrons. The van der Waals surface area contributed by atoms with Gasteiger partial charge in [0.2, 0.25) is 17.2 Å². The Morgan fingerprint density at radius 3 is 1.85 bits per heavy atom. The van der Waals surface area contributed by atoms with Crippen molar-refractivity contribution in [3.63, 3.8) is 0 Å². The van der Waals surface area contributed by atoms with Crippen molar-refractivity contribution in [2.45, 2.75) is 0 Å². The van der Waals surface area contributed by atoms with Crippen LogP contribution in [0.3, 0.4) is 0 Å². The Kier molecular flexibility index (Phi) is 5.95. The number of carbonyl (C=O) groups is 1. The van der Waals surface area contributed by atoms with Crippen LogP contribution in [0.1, 0.15) is 15.9 Å². The summed E-state index contributed by atoms with van der Waals surface area (Å²) in [7, 11) is 5.41. The van der Waals surface area contributed by atoms with Crippen molar-refractivity contribution < 1.29 is 34.0 Å². The molecule has 0 aliphatic heterocycles. The quantitative estimate of drug-likeness (QED) is 0.579. The fraction of sp³-hybridized carbons (Fsp3) is 0.211. The number of ether oxygens (including phenoxy) is 4. The Bertz CT molecular complexity index is 823. The van der Waals surface area contributed by atoms with Gasteiger partial charge in [0.1, 0.15) is 11.3 Å². The summed E-state index contributed by atoms with van der Waals surface area (Å²) < 4.78 is 20.9. The SMILES string of the molecule is COc1c(O)c(OC)c(C(=O)/C=C/c2ccc(O)cc2)c(OC)c1OC. The van der Waals surface area contributed by atoms with Gasteiger partial charge in [-0.25, -0.2) is 0 Å². The van der Waals surface area contributed by atoms with Gasteiger partial charge in [-0.15, -0.1) is 0 Å². The zero-order chi connectivity index (χ0) is 19.3. The molecule has 0 atom stereocenters.